The Balaban J connectivity index is 2.75. The highest BCUT2D eigenvalue weighted by Gasteiger charge is 2.10. The van der Waals surface area contributed by atoms with Crippen LogP contribution < -0.4 is 5.73 Å². The van der Waals surface area contributed by atoms with Crippen molar-refractivity contribution < 1.29 is 9.53 Å². The van der Waals surface area contributed by atoms with E-state index >= 15 is 0 Å². The molecule has 17 heavy (non-hydrogen) atoms. The van der Waals surface area contributed by atoms with Crippen molar-refractivity contribution in [2.45, 2.75) is 19.5 Å². The van der Waals surface area contributed by atoms with Crippen LogP contribution in [0.3, 0.4) is 0 Å². The summed E-state index contributed by atoms with van der Waals surface area (Å²) in [4.78, 5) is 13.5. The number of esters is 1. The van der Waals surface area contributed by atoms with Crippen LogP contribution in [0.5, 0.6) is 0 Å². The number of hydrogen-bond acceptors (Lipinski definition) is 4. The molecular formula is C13H20N2O2. The van der Waals surface area contributed by atoms with Gasteiger partial charge in [-0.2, -0.15) is 0 Å². The second-order valence-electron chi connectivity index (χ2n) is 4.19. The van der Waals surface area contributed by atoms with Crippen molar-refractivity contribution in [3.63, 3.8) is 0 Å². The molecule has 0 aliphatic rings. The average Bonchev–Trinajstić information content (AvgIpc) is 2.37. The number of carbonyl (C=O) groups excluding carboxylic acids is 1. The van der Waals surface area contributed by atoms with Gasteiger partial charge in [0, 0.05) is 19.1 Å². The van der Waals surface area contributed by atoms with Gasteiger partial charge in [0.25, 0.3) is 0 Å². The van der Waals surface area contributed by atoms with Crippen molar-refractivity contribution in [3.05, 3.63) is 35.4 Å². The molecule has 0 saturated carbocycles. The summed E-state index contributed by atoms with van der Waals surface area (Å²) in [5, 5.41) is 0. The van der Waals surface area contributed by atoms with Crippen LogP contribution in [0.25, 0.3) is 0 Å². The molecule has 4 heteroatoms. The number of methoxy groups -OCH3 is 1. The molecule has 0 heterocycles. The standard InChI is InChI=1S/C13H20N2O2/c1-10(8-14)15(2)9-11-5-4-6-12(7-11)13(16)17-3/h4-7,10H,8-9,14H2,1-3H3. The fourth-order valence-corrected chi connectivity index (χ4v) is 1.54. The second-order valence-corrected chi connectivity index (χ2v) is 4.19. The van der Waals surface area contributed by atoms with Crippen molar-refractivity contribution in [2.24, 2.45) is 5.73 Å². The molecule has 0 spiro atoms. The minimum atomic E-state index is -0.304. The van der Waals surface area contributed by atoms with Gasteiger partial charge in [-0.05, 0) is 31.7 Å². The number of hydrogen-bond donors (Lipinski definition) is 1. The third kappa shape index (κ3) is 3.84. The van der Waals surface area contributed by atoms with E-state index in [1.54, 1.807) is 6.07 Å². The van der Waals surface area contributed by atoms with Gasteiger partial charge in [-0.1, -0.05) is 12.1 Å². The number of nitrogens with zero attached hydrogens (tertiary/aromatic N) is 1. The Kier molecular flexibility index (Phi) is 5.12. The highest BCUT2D eigenvalue weighted by molar-refractivity contribution is 5.89. The number of ether oxygens (including phenoxy) is 1. The maximum atomic E-state index is 11.4. The number of likely N-dealkylation sites (N-methyl/N-ethyl adjacent to an activating group) is 1. The van der Waals surface area contributed by atoms with E-state index in [1.165, 1.54) is 7.11 Å². The summed E-state index contributed by atoms with van der Waals surface area (Å²) < 4.78 is 4.69. The molecule has 2 N–H and O–H groups in total. The zero-order valence-electron chi connectivity index (χ0n) is 10.6. The molecule has 1 unspecified atom stereocenters. The Morgan fingerprint density at radius 3 is 2.82 bits per heavy atom. The quantitative estimate of drug-likeness (QED) is 0.782. The maximum absolute atomic E-state index is 11.4. The van der Waals surface area contributed by atoms with Gasteiger partial charge in [0.1, 0.15) is 0 Å². The van der Waals surface area contributed by atoms with E-state index < -0.39 is 0 Å². The molecule has 0 aliphatic carbocycles. The molecule has 1 aromatic carbocycles. The van der Waals surface area contributed by atoms with Gasteiger partial charge < -0.3 is 10.5 Å². The molecular weight excluding hydrogens is 216 g/mol. The monoisotopic (exact) mass is 236 g/mol. The van der Waals surface area contributed by atoms with Crippen LogP contribution in [0.1, 0.15) is 22.8 Å². The lowest BCUT2D eigenvalue weighted by Crippen LogP contribution is -2.34. The van der Waals surface area contributed by atoms with E-state index in [-0.39, 0.29) is 5.97 Å². The predicted molar refractivity (Wildman–Crippen MR) is 67.8 cm³/mol. The Hall–Kier alpha value is -1.39. The summed E-state index contributed by atoms with van der Waals surface area (Å²) in [5.41, 5.74) is 7.27. The molecule has 4 nitrogen and oxygen atoms in total. The number of benzene rings is 1. The number of rotatable bonds is 5. The Morgan fingerprint density at radius 1 is 1.53 bits per heavy atom. The van der Waals surface area contributed by atoms with Crippen molar-refractivity contribution in [1.82, 2.24) is 4.90 Å². The van der Waals surface area contributed by atoms with E-state index in [2.05, 4.69) is 11.8 Å². The summed E-state index contributed by atoms with van der Waals surface area (Å²) in [6.45, 7) is 3.46. The topological polar surface area (TPSA) is 55.6 Å². The van der Waals surface area contributed by atoms with Gasteiger partial charge in [0.15, 0.2) is 0 Å². The number of nitrogens with two attached hydrogens (primary N) is 1. The fraction of sp³-hybridized carbons (Fsp3) is 0.462. The van der Waals surface area contributed by atoms with E-state index in [0.29, 0.717) is 18.2 Å². The van der Waals surface area contributed by atoms with Crippen LogP contribution in [-0.4, -0.2) is 37.6 Å². The van der Waals surface area contributed by atoms with Crippen LogP contribution in [0.15, 0.2) is 24.3 Å². The zero-order valence-corrected chi connectivity index (χ0v) is 10.6. The van der Waals surface area contributed by atoms with Crippen molar-refractivity contribution in [2.75, 3.05) is 20.7 Å². The summed E-state index contributed by atoms with van der Waals surface area (Å²) >= 11 is 0. The summed E-state index contributed by atoms with van der Waals surface area (Å²) in [6.07, 6.45) is 0. The van der Waals surface area contributed by atoms with Crippen molar-refractivity contribution in [3.8, 4) is 0 Å². The maximum Gasteiger partial charge on any atom is 0.337 e. The molecule has 0 saturated heterocycles. The van der Waals surface area contributed by atoms with Crippen molar-refractivity contribution >= 4 is 5.97 Å². The largest absolute Gasteiger partial charge is 0.465 e. The SMILES string of the molecule is COC(=O)c1cccc(CN(C)C(C)CN)c1. The molecule has 0 fully saturated rings. The first-order chi connectivity index (χ1) is 8.08. The zero-order chi connectivity index (χ0) is 12.8. The van der Waals surface area contributed by atoms with Crippen LogP contribution in [-0.2, 0) is 11.3 Å². The van der Waals surface area contributed by atoms with Crippen molar-refractivity contribution in [1.29, 1.82) is 0 Å². The van der Waals surface area contributed by atoms with Gasteiger partial charge in [0.2, 0.25) is 0 Å². The summed E-state index contributed by atoms with van der Waals surface area (Å²) in [5.74, 6) is -0.304. The molecule has 1 aromatic rings. The normalized spacial score (nSPS) is 12.5. The molecule has 0 amide bonds. The van der Waals surface area contributed by atoms with E-state index in [4.69, 9.17) is 10.5 Å². The van der Waals surface area contributed by atoms with Crippen LogP contribution in [0, 0.1) is 0 Å². The van der Waals surface area contributed by atoms with Gasteiger partial charge >= 0.3 is 5.97 Å². The van der Waals surface area contributed by atoms with E-state index in [1.807, 2.05) is 25.2 Å². The summed E-state index contributed by atoms with van der Waals surface area (Å²) in [6, 6.07) is 7.78. The van der Waals surface area contributed by atoms with E-state index in [9.17, 15) is 4.79 Å². The minimum absolute atomic E-state index is 0.304. The molecule has 0 aromatic heterocycles. The minimum Gasteiger partial charge on any atom is -0.465 e. The first-order valence-electron chi connectivity index (χ1n) is 5.66. The van der Waals surface area contributed by atoms with Crippen LogP contribution in [0.2, 0.25) is 0 Å². The lowest BCUT2D eigenvalue weighted by molar-refractivity contribution is 0.0600. The predicted octanol–water partition coefficient (Wildman–Crippen LogP) is 1.25. The molecule has 0 aliphatic heterocycles. The summed E-state index contributed by atoms with van der Waals surface area (Å²) in [7, 11) is 3.40. The third-order valence-corrected chi connectivity index (χ3v) is 2.87. The molecule has 0 radical (unpaired) electrons. The smallest absolute Gasteiger partial charge is 0.337 e. The van der Waals surface area contributed by atoms with Gasteiger partial charge in [0.05, 0.1) is 12.7 Å². The average molecular weight is 236 g/mol. The molecule has 1 atom stereocenters. The Morgan fingerprint density at radius 2 is 2.24 bits per heavy atom. The van der Waals surface area contributed by atoms with Gasteiger partial charge in [-0.15, -0.1) is 0 Å². The Labute approximate surface area is 102 Å². The lowest BCUT2D eigenvalue weighted by atomic mass is 10.1. The van der Waals surface area contributed by atoms with Crippen LogP contribution >= 0.6 is 0 Å². The number of carbonyl (C=O) groups is 1. The van der Waals surface area contributed by atoms with Gasteiger partial charge in [-0.25, -0.2) is 4.79 Å². The highest BCUT2D eigenvalue weighted by Crippen LogP contribution is 2.10. The van der Waals surface area contributed by atoms with E-state index in [0.717, 1.165) is 12.1 Å². The fourth-order valence-electron chi connectivity index (χ4n) is 1.54. The lowest BCUT2D eigenvalue weighted by Gasteiger charge is -2.23. The molecule has 0 bridgehead atoms. The second kappa shape index (κ2) is 6.37. The highest BCUT2D eigenvalue weighted by atomic mass is 16.5. The first kappa shape index (κ1) is 13.7. The first-order valence-corrected chi connectivity index (χ1v) is 5.66. The third-order valence-electron chi connectivity index (χ3n) is 2.87. The molecule has 94 valence electrons. The van der Waals surface area contributed by atoms with Gasteiger partial charge in [-0.3, -0.25) is 4.90 Å². The van der Waals surface area contributed by atoms with Crippen LogP contribution in [0.4, 0.5) is 0 Å². The Bertz CT molecular complexity index is 379. The molecule has 1 rings (SSSR count).